The quantitative estimate of drug-likeness (QED) is 0.0453. The SMILES string of the molecule is CC[C@H](C)[C@H](NC(=O)[C@H](CS)NC(=O)[C@H](CC(C)C)NC(=O)[C@@H](N)Cc1ccc(O)cc1)C(=O)N[C@@H](CC(C)C)C(=O)N[C@@H](CO)C(=O)N[C@@H](C)C(=O)N[C@@H](CC(C)C)C(=O)N[C@H](C(=O)O)C(C)C. The van der Waals surface area contributed by atoms with Crippen molar-refractivity contribution in [3.05, 3.63) is 29.8 Å². The monoisotopic (exact) mass is 994 g/mol. The highest BCUT2D eigenvalue weighted by molar-refractivity contribution is 7.80. The Morgan fingerprint density at radius 2 is 0.928 bits per heavy atom. The fraction of sp³-hybridized carbons (Fsp3) is 0.681. The van der Waals surface area contributed by atoms with E-state index >= 15 is 0 Å². The minimum absolute atomic E-state index is 0.0524. The number of carbonyl (C=O) groups is 9. The molecule has 390 valence electrons. The van der Waals surface area contributed by atoms with E-state index in [4.69, 9.17) is 5.73 Å². The summed E-state index contributed by atoms with van der Waals surface area (Å²) >= 11 is 4.28. The Morgan fingerprint density at radius 3 is 1.35 bits per heavy atom. The van der Waals surface area contributed by atoms with Crippen LogP contribution in [0.2, 0.25) is 0 Å². The van der Waals surface area contributed by atoms with Gasteiger partial charge < -0.3 is 63.6 Å². The van der Waals surface area contributed by atoms with E-state index in [1.807, 2.05) is 13.8 Å². The number of aromatic hydroxyl groups is 1. The summed E-state index contributed by atoms with van der Waals surface area (Å²) in [5.41, 5.74) is 6.85. The molecule has 0 aromatic heterocycles. The summed E-state index contributed by atoms with van der Waals surface area (Å²) in [4.78, 5) is 120. The summed E-state index contributed by atoms with van der Waals surface area (Å²) < 4.78 is 0. The molecule has 1 aromatic rings. The van der Waals surface area contributed by atoms with Gasteiger partial charge in [-0.25, -0.2) is 4.79 Å². The van der Waals surface area contributed by atoms with E-state index in [9.17, 15) is 58.5 Å². The van der Waals surface area contributed by atoms with Crippen molar-refractivity contribution in [3.8, 4) is 5.75 Å². The number of hydrogen-bond donors (Lipinski definition) is 13. The number of aliphatic hydroxyl groups is 1. The van der Waals surface area contributed by atoms with Crippen molar-refractivity contribution >= 4 is 65.9 Å². The fourth-order valence-corrected chi connectivity index (χ4v) is 7.22. The molecule has 0 heterocycles. The Bertz CT molecular complexity index is 1880. The fourth-order valence-electron chi connectivity index (χ4n) is 6.96. The Morgan fingerprint density at radius 1 is 0.536 bits per heavy atom. The maximum Gasteiger partial charge on any atom is 0.326 e. The number of benzene rings is 1. The Balaban J connectivity index is 3.16. The lowest BCUT2D eigenvalue weighted by molar-refractivity contribution is -0.143. The normalized spacial score (nSPS) is 15.8. The average molecular weight is 994 g/mol. The number of amides is 8. The van der Waals surface area contributed by atoms with E-state index in [1.54, 1.807) is 67.5 Å². The molecule has 13 N–H and O–H groups in total. The van der Waals surface area contributed by atoms with Gasteiger partial charge in [-0.3, -0.25) is 38.4 Å². The molecule has 69 heavy (non-hydrogen) atoms. The third-order valence-electron chi connectivity index (χ3n) is 11.2. The number of thiol groups is 1. The minimum Gasteiger partial charge on any atom is -0.508 e. The first-order valence-corrected chi connectivity index (χ1v) is 24.2. The first-order valence-electron chi connectivity index (χ1n) is 23.6. The standard InChI is InChI=1S/C47H79N9O12S/c1-12-27(10)38(56-45(65)36(22-69)54-42(62)32(17-23(2)3)51-40(60)31(48)20-29-13-15-30(58)16-14-29)46(66)52-33(18-24(4)5)41(61)53-35(21-57)44(64)49-28(11)39(59)50-34(19-25(6)7)43(63)55-37(26(8)9)47(67)68/h13-16,23-28,31-38,57-58,69H,12,17-22,48H2,1-11H3,(H,49,64)(H,50,59)(H,51,60)(H,52,66)(H,53,61)(H,54,62)(H,55,63)(H,56,65)(H,67,68)/t27-,28-,31-,32-,33-,34-,35-,36-,37-,38-/m0/s1. The van der Waals surface area contributed by atoms with E-state index in [0.717, 1.165) is 0 Å². The van der Waals surface area contributed by atoms with Gasteiger partial charge in [0.25, 0.3) is 0 Å². The Kier molecular flexibility index (Phi) is 26.9. The van der Waals surface area contributed by atoms with Crippen LogP contribution < -0.4 is 48.3 Å². The van der Waals surface area contributed by atoms with E-state index < -0.39 is 126 Å². The lowest BCUT2D eigenvalue weighted by Crippen LogP contribution is -2.61. The summed E-state index contributed by atoms with van der Waals surface area (Å²) in [6, 6.07) is -4.96. The van der Waals surface area contributed by atoms with Gasteiger partial charge in [-0.1, -0.05) is 87.8 Å². The summed E-state index contributed by atoms with van der Waals surface area (Å²) in [5.74, 6) is -8.84. The number of carboxylic acids is 1. The molecule has 22 heteroatoms. The van der Waals surface area contributed by atoms with Gasteiger partial charge >= 0.3 is 5.97 Å². The van der Waals surface area contributed by atoms with Gasteiger partial charge in [0.15, 0.2) is 0 Å². The number of nitrogens with two attached hydrogens (primary N) is 1. The minimum atomic E-state index is -1.60. The number of aliphatic hydroxyl groups excluding tert-OH is 1. The topological polar surface area (TPSA) is 337 Å². The molecule has 21 nitrogen and oxygen atoms in total. The van der Waals surface area contributed by atoms with Crippen molar-refractivity contribution in [1.82, 2.24) is 42.5 Å². The van der Waals surface area contributed by atoms with E-state index in [2.05, 4.69) is 55.2 Å². The maximum atomic E-state index is 14.0. The largest absolute Gasteiger partial charge is 0.508 e. The number of nitrogens with one attached hydrogen (secondary N) is 8. The van der Waals surface area contributed by atoms with Gasteiger partial charge in [-0.05, 0) is 79.9 Å². The molecule has 0 saturated heterocycles. The highest BCUT2D eigenvalue weighted by Crippen LogP contribution is 2.15. The van der Waals surface area contributed by atoms with Crippen LogP contribution in [0.1, 0.15) is 107 Å². The molecule has 0 fully saturated rings. The van der Waals surface area contributed by atoms with Gasteiger partial charge in [-0.2, -0.15) is 12.6 Å². The molecule has 10 atom stereocenters. The van der Waals surface area contributed by atoms with E-state index in [0.29, 0.717) is 12.0 Å². The number of aliphatic carboxylic acids is 1. The molecule has 1 aromatic carbocycles. The summed E-state index contributed by atoms with van der Waals surface area (Å²) in [7, 11) is 0. The van der Waals surface area contributed by atoms with Crippen LogP contribution in [0.3, 0.4) is 0 Å². The number of phenols is 1. The highest BCUT2D eigenvalue weighted by Gasteiger charge is 2.36. The van der Waals surface area contributed by atoms with Crippen LogP contribution in [-0.2, 0) is 49.6 Å². The van der Waals surface area contributed by atoms with Crippen LogP contribution in [0, 0.1) is 29.6 Å². The summed E-state index contributed by atoms with van der Waals surface area (Å²) in [6.07, 6.45) is 0.932. The van der Waals surface area contributed by atoms with Crippen molar-refractivity contribution in [2.75, 3.05) is 12.4 Å². The van der Waals surface area contributed by atoms with Crippen molar-refractivity contribution in [2.45, 2.75) is 163 Å². The van der Waals surface area contributed by atoms with Crippen molar-refractivity contribution in [3.63, 3.8) is 0 Å². The zero-order valence-corrected chi connectivity index (χ0v) is 42.8. The van der Waals surface area contributed by atoms with Gasteiger partial charge in [0, 0.05) is 5.75 Å². The smallest absolute Gasteiger partial charge is 0.326 e. The van der Waals surface area contributed by atoms with Crippen molar-refractivity contribution in [2.24, 2.45) is 35.3 Å². The van der Waals surface area contributed by atoms with Crippen molar-refractivity contribution in [1.29, 1.82) is 0 Å². The van der Waals surface area contributed by atoms with Crippen LogP contribution in [0.25, 0.3) is 0 Å². The van der Waals surface area contributed by atoms with Crippen LogP contribution >= 0.6 is 12.6 Å². The molecule has 0 radical (unpaired) electrons. The Hall–Kier alpha value is -5.48. The number of carbonyl (C=O) groups excluding carboxylic acids is 8. The third kappa shape index (κ3) is 21.8. The Labute approximate surface area is 411 Å². The molecule has 0 aliphatic heterocycles. The maximum absolute atomic E-state index is 14.0. The second-order valence-electron chi connectivity index (χ2n) is 19.2. The molecular weight excluding hydrogens is 915 g/mol. The third-order valence-corrected chi connectivity index (χ3v) is 11.5. The van der Waals surface area contributed by atoms with Crippen LogP contribution in [0.4, 0.5) is 0 Å². The second-order valence-corrected chi connectivity index (χ2v) is 19.6. The van der Waals surface area contributed by atoms with Gasteiger partial charge in [0.2, 0.25) is 47.3 Å². The highest BCUT2D eigenvalue weighted by atomic mass is 32.1. The molecular formula is C47H79N9O12S. The summed E-state index contributed by atoms with van der Waals surface area (Å²) in [5, 5.41) is 49.8. The van der Waals surface area contributed by atoms with Gasteiger partial charge in [0.1, 0.15) is 54.1 Å². The van der Waals surface area contributed by atoms with E-state index in [1.165, 1.54) is 19.1 Å². The van der Waals surface area contributed by atoms with Crippen LogP contribution in [0.5, 0.6) is 5.75 Å². The zero-order chi connectivity index (χ0) is 52.9. The number of rotatable bonds is 30. The number of carboxylic acid groups (broad SMARTS) is 1. The molecule has 0 spiro atoms. The molecule has 0 unspecified atom stereocenters. The predicted octanol–water partition coefficient (Wildman–Crippen LogP) is 0.00740. The van der Waals surface area contributed by atoms with Crippen LogP contribution in [0.15, 0.2) is 24.3 Å². The molecule has 0 aliphatic rings. The first kappa shape index (κ1) is 61.5. The lowest BCUT2D eigenvalue weighted by atomic mass is 9.96. The molecule has 0 aliphatic carbocycles. The van der Waals surface area contributed by atoms with Gasteiger partial charge in [-0.15, -0.1) is 0 Å². The molecule has 8 amide bonds. The average Bonchev–Trinajstić information content (AvgIpc) is 3.26. The number of hydrogen-bond acceptors (Lipinski definition) is 13. The summed E-state index contributed by atoms with van der Waals surface area (Å²) in [6.45, 7) is 18.0. The van der Waals surface area contributed by atoms with Crippen LogP contribution in [-0.4, -0.2) is 135 Å². The molecule has 1 rings (SSSR count). The van der Waals surface area contributed by atoms with Gasteiger partial charge in [0.05, 0.1) is 12.6 Å². The first-order chi connectivity index (χ1) is 32.1. The zero-order valence-electron chi connectivity index (χ0n) is 41.9. The number of phenolic OH excluding ortho intramolecular Hbond substituents is 1. The molecule has 0 bridgehead atoms. The predicted molar refractivity (Wildman–Crippen MR) is 262 cm³/mol. The van der Waals surface area contributed by atoms with E-state index in [-0.39, 0.29) is 54.9 Å². The van der Waals surface area contributed by atoms with Crippen molar-refractivity contribution < 1.29 is 58.5 Å². The second kappa shape index (κ2) is 30.2. The lowest BCUT2D eigenvalue weighted by Gasteiger charge is -2.30. The molecule has 0 saturated carbocycles.